The van der Waals surface area contributed by atoms with Gasteiger partial charge < -0.3 is 10.6 Å². The van der Waals surface area contributed by atoms with Crippen molar-refractivity contribution in [1.29, 1.82) is 0 Å². The zero-order valence-electron chi connectivity index (χ0n) is 11.5. The Labute approximate surface area is 117 Å². The molecule has 0 aromatic carbocycles. The van der Waals surface area contributed by atoms with Gasteiger partial charge in [0.1, 0.15) is 0 Å². The van der Waals surface area contributed by atoms with E-state index in [4.69, 9.17) is 5.73 Å². The van der Waals surface area contributed by atoms with Crippen molar-refractivity contribution in [2.75, 3.05) is 18.0 Å². The minimum atomic E-state index is -4.11. The quantitative estimate of drug-likeness (QED) is 0.927. The fourth-order valence-electron chi connectivity index (χ4n) is 2.49. The third kappa shape index (κ3) is 3.42. The highest BCUT2D eigenvalue weighted by atomic mass is 19.4. The number of aromatic nitrogens is 1. The number of anilines is 1. The van der Waals surface area contributed by atoms with Crippen molar-refractivity contribution in [3.8, 4) is 0 Å². The summed E-state index contributed by atoms with van der Waals surface area (Å²) in [6.45, 7) is 2.64. The molecule has 1 aromatic rings. The maximum atomic E-state index is 12.8. The summed E-state index contributed by atoms with van der Waals surface area (Å²) >= 11 is 0. The molecule has 0 saturated carbocycles. The van der Waals surface area contributed by atoms with Gasteiger partial charge in [-0.3, -0.25) is 4.98 Å². The summed E-state index contributed by atoms with van der Waals surface area (Å²) < 4.78 is 38.4. The smallest absolute Gasteiger partial charge is 0.370 e. The van der Waals surface area contributed by atoms with E-state index in [2.05, 4.69) is 4.98 Å². The Hall–Kier alpha value is -1.30. The lowest BCUT2D eigenvalue weighted by molar-refractivity contribution is -0.175. The van der Waals surface area contributed by atoms with Gasteiger partial charge in [0.2, 0.25) is 0 Å². The molecule has 0 radical (unpaired) electrons. The number of pyridine rings is 1. The van der Waals surface area contributed by atoms with Crippen LogP contribution in [-0.4, -0.2) is 24.2 Å². The fourth-order valence-corrected chi connectivity index (χ4v) is 2.49. The van der Waals surface area contributed by atoms with Crippen molar-refractivity contribution < 1.29 is 13.2 Å². The first-order chi connectivity index (χ1) is 9.41. The molecule has 2 N–H and O–H groups in total. The highest BCUT2D eigenvalue weighted by molar-refractivity contribution is 5.45. The van der Waals surface area contributed by atoms with E-state index in [1.807, 2.05) is 13.0 Å². The summed E-state index contributed by atoms with van der Waals surface area (Å²) in [6.07, 6.45) is -0.932. The summed E-state index contributed by atoms with van der Waals surface area (Å²) in [6, 6.07) is 3.51. The largest absolute Gasteiger partial charge is 0.393 e. The molecule has 0 spiro atoms. The zero-order valence-corrected chi connectivity index (χ0v) is 11.5. The van der Waals surface area contributed by atoms with E-state index in [0.29, 0.717) is 13.0 Å². The molecular formula is C14H20F3N3. The van der Waals surface area contributed by atoms with Gasteiger partial charge in [0, 0.05) is 19.1 Å². The fraction of sp³-hybridized carbons (Fsp3) is 0.643. The SMILES string of the molecule is CCC(N)c1ccc(N2CCCC(C(F)(F)F)C2)cn1. The highest BCUT2D eigenvalue weighted by Gasteiger charge is 2.41. The normalized spacial score (nSPS) is 21.9. The Balaban J connectivity index is 2.07. The number of alkyl halides is 3. The van der Waals surface area contributed by atoms with Gasteiger partial charge in [-0.2, -0.15) is 13.2 Å². The Morgan fingerprint density at radius 3 is 2.75 bits per heavy atom. The molecule has 2 rings (SSSR count). The lowest BCUT2D eigenvalue weighted by atomic mass is 9.97. The predicted octanol–water partition coefficient (Wildman–Crippen LogP) is 3.27. The predicted molar refractivity (Wildman–Crippen MR) is 72.4 cm³/mol. The van der Waals surface area contributed by atoms with E-state index in [-0.39, 0.29) is 19.0 Å². The Morgan fingerprint density at radius 1 is 1.45 bits per heavy atom. The van der Waals surface area contributed by atoms with Gasteiger partial charge in [-0.1, -0.05) is 6.92 Å². The van der Waals surface area contributed by atoms with Gasteiger partial charge in [0.25, 0.3) is 0 Å². The molecule has 1 aliphatic heterocycles. The van der Waals surface area contributed by atoms with E-state index in [0.717, 1.165) is 17.8 Å². The van der Waals surface area contributed by atoms with Crippen LogP contribution in [0.5, 0.6) is 0 Å². The third-order valence-corrected chi connectivity index (χ3v) is 3.84. The average Bonchev–Trinajstić information content (AvgIpc) is 2.46. The van der Waals surface area contributed by atoms with Crippen molar-refractivity contribution in [3.05, 3.63) is 24.0 Å². The molecule has 1 saturated heterocycles. The van der Waals surface area contributed by atoms with Crippen LogP contribution in [0.3, 0.4) is 0 Å². The van der Waals surface area contributed by atoms with Gasteiger partial charge in [-0.25, -0.2) is 0 Å². The van der Waals surface area contributed by atoms with Crippen LogP contribution in [0.15, 0.2) is 18.3 Å². The van der Waals surface area contributed by atoms with Gasteiger partial charge in [-0.15, -0.1) is 0 Å². The van der Waals surface area contributed by atoms with Crippen molar-refractivity contribution >= 4 is 5.69 Å². The Kier molecular flexibility index (Phi) is 4.52. The first-order valence-corrected chi connectivity index (χ1v) is 6.95. The van der Waals surface area contributed by atoms with E-state index < -0.39 is 12.1 Å². The molecule has 0 amide bonds. The Morgan fingerprint density at radius 2 is 2.20 bits per heavy atom. The summed E-state index contributed by atoms with van der Waals surface area (Å²) in [5, 5.41) is 0. The topological polar surface area (TPSA) is 42.1 Å². The van der Waals surface area contributed by atoms with Gasteiger partial charge in [-0.05, 0) is 31.4 Å². The standard InChI is InChI=1S/C14H20F3N3/c1-2-12(18)13-6-5-11(8-19-13)20-7-3-4-10(9-20)14(15,16)17/h5-6,8,10,12H,2-4,7,9,18H2,1H3. The molecule has 2 heterocycles. The summed E-state index contributed by atoms with van der Waals surface area (Å²) in [4.78, 5) is 6.02. The number of hydrogen-bond acceptors (Lipinski definition) is 3. The summed E-state index contributed by atoms with van der Waals surface area (Å²) in [7, 11) is 0. The van der Waals surface area contributed by atoms with Crippen LogP contribution in [0.4, 0.5) is 18.9 Å². The molecule has 2 atom stereocenters. The molecule has 1 fully saturated rings. The van der Waals surface area contributed by atoms with Gasteiger partial charge in [0.05, 0.1) is 23.5 Å². The van der Waals surface area contributed by atoms with Crippen molar-refractivity contribution in [2.45, 2.75) is 38.4 Å². The van der Waals surface area contributed by atoms with Crippen LogP contribution in [0.1, 0.15) is 37.9 Å². The number of halogens is 3. The second kappa shape index (κ2) is 5.99. The minimum absolute atomic E-state index is 0.0182. The number of rotatable bonds is 3. The minimum Gasteiger partial charge on any atom is -0.370 e. The van der Waals surface area contributed by atoms with Gasteiger partial charge >= 0.3 is 6.18 Å². The highest BCUT2D eigenvalue weighted by Crippen LogP contribution is 2.34. The van der Waals surface area contributed by atoms with Crippen LogP contribution in [0, 0.1) is 5.92 Å². The third-order valence-electron chi connectivity index (χ3n) is 3.84. The monoisotopic (exact) mass is 287 g/mol. The molecule has 1 aliphatic rings. The van der Waals surface area contributed by atoms with E-state index in [1.165, 1.54) is 0 Å². The van der Waals surface area contributed by atoms with Crippen LogP contribution in [0.25, 0.3) is 0 Å². The molecule has 2 unspecified atom stereocenters. The molecule has 112 valence electrons. The van der Waals surface area contributed by atoms with Crippen molar-refractivity contribution in [3.63, 3.8) is 0 Å². The maximum Gasteiger partial charge on any atom is 0.393 e. The first kappa shape index (κ1) is 15.1. The van der Waals surface area contributed by atoms with Crippen molar-refractivity contribution in [1.82, 2.24) is 4.98 Å². The van der Waals surface area contributed by atoms with E-state index >= 15 is 0 Å². The molecule has 0 aliphatic carbocycles. The first-order valence-electron chi connectivity index (χ1n) is 6.95. The average molecular weight is 287 g/mol. The van der Waals surface area contributed by atoms with E-state index in [9.17, 15) is 13.2 Å². The second-order valence-corrected chi connectivity index (χ2v) is 5.28. The van der Waals surface area contributed by atoms with Crippen LogP contribution >= 0.6 is 0 Å². The van der Waals surface area contributed by atoms with Crippen molar-refractivity contribution in [2.24, 2.45) is 11.7 Å². The molecule has 0 bridgehead atoms. The molecular weight excluding hydrogens is 267 g/mol. The summed E-state index contributed by atoms with van der Waals surface area (Å²) in [5.74, 6) is -1.24. The summed E-state index contributed by atoms with van der Waals surface area (Å²) in [5.41, 5.74) is 7.40. The van der Waals surface area contributed by atoms with Crippen LogP contribution in [-0.2, 0) is 0 Å². The lowest BCUT2D eigenvalue weighted by Crippen LogP contribution is -2.41. The maximum absolute atomic E-state index is 12.8. The molecule has 6 heteroatoms. The number of hydrogen-bond donors (Lipinski definition) is 1. The zero-order chi connectivity index (χ0) is 14.8. The molecule has 3 nitrogen and oxygen atoms in total. The van der Waals surface area contributed by atoms with E-state index in [1.54, 1.807) is 17.2 Å². The second-order valence-electron chi connectivity index (χ2n) is 5.28. The number of piperidine rings is 1. The molecule has 1 aromatic heterocycles. The Bertz CT molecular complexity index is 430. The molecule has 20 heavy (non-hydrogen) atoms. The van der Waals surface area contributed by atoms with Crippen LogP contribution in [0.2, 0.25) is 0 Å². The van der Waals surface area contributed by atoms with Crippen LogP contribution < -0.4 is 10.6 Å². The lowest BCUT2D eigenvalue weighted by Gasteiger charge is -2.35. The number of nitrogens with two attached hydrogens (primary N) is 1. The number of nitrogens with zero attached hydrogens (tertiary/aromatic N) is 2. The van der Waals surface area contributed by atoms with Gasteiger partial charge in [0.15, 0.2) is 0 Å².